The number of rotatable bonds is 2. The van der Waals surface area contributed by atoms with Crippen molar-refractivity contribution in [2.75, 3.05) is 32.8 Å². The predicted molar refractivity (Wildman–Crippen MR) is 48.5 cm³/mol. The summed E-state index contributed by atoms with van der Waals surface area (Å²) in [4.78, 5) is 1.59. The minimum atomic E-state index is -4.53. The summed E-state index contributed by atoms with van der Waals surface area (Å²) in [7, 11) is 0. The molecule has 2 unspecified atom stereocenters. The van der Waals surface area contributed by atoms with Crippen LogP contribution in [-0.4, -0.2) is 55.1 Å². The van der Waals surface area contributed by atoms with E-state index in [1.54, 1.807) is 4.90 Å². The third-order valence-electron chi connectivity index (χ3n) is 2.33. The average Bonchev–Trinajstić information content (AvgIpc) is 2.28. The third-order valence-corrected chi connectivity index (χ3v) is 2.33. The molecule has 0 bridgehead atoms. The van der Waals surface area contributed by atoms with Crippen molar-refractivity contribution < 1.29 is 23.0 Å². The van der Waals surface area contributed by atoms with Crippen LogP contribution >= 0.6 is 0 Å². The highest BCUT2D eigenvalue weighted by molar-refractivity contribution is 4.74. The highest BCUT2D eigenvalue weighted by Crippen LogP contribution is 2.21. The SMILES string of the molecule is CC1COCCN(CC(O)C(F)(F)F)C1. The molecule has 0 aromatic heterocycles. The molecule has 3 nitrogen and oxygen atoms in total. The summed E-state index contributed by atoms with van der Waals surface area (Å²) in [6, 6.07) is 0. The molecular weight excluding hydrogens is 211 g/mol. The van der Waals surface area contributed by atoms with Crippen LogP contribution in [-0.2, 0) is 4.74 Å². The monoisotopic (exact) mass is 227 g/mol. The summed E-state index contributed by atoms with van der Waals surface area (Å²) in [5.41, 5.74) is 0. The van der Waals surface area contributed by atoms with Crippen molar-refractivity contribution in [2.45, 2.75) is 19.2 Å². The lowest BCUT2D eigenvalue weighted by Crippen LogP contribution is -2.42. The second-order valence-electron chi connectivity index (χ2n) is 4.00. The number of β-amino-alcohol motifs (C(OH)–C–C–N with tert-alkyl or cyclic N) is 1. The van der Waals surface area contributed by atoms with Gasteiger partial charge in [-0.1, -0.05) is 6.92 Å². The third kappa shape index (κ3) is 4.36. The van der Waals surface area contributed by atoms with E-state index in [4.69, 9.17) is 9.84 Å². The number of ether oxygens (including phenoxy) is 1. The van der Waals surface area contributed by atoms with Gasteiger partial charge in [-0.15, -0.1) is 0 Å². The lowest BCUT2D eigenvalue weighted by molar-refractivity contribution is -0.208. The van der Waals surface area contributed by atoms with Gasteiger partial charge < -0.3 is 9.84 Å². The minimum Gasteiger partial charge on any atom is -0.382 e. The molecule has 1 saturated heterocycles. The number of aliphatic hydroxyl groups excluding tert-OH is 1. The molecule has 15 heavy (non-hydrogen) atoms. The topological polar surface area (TPSA) is 32.7 Å². The van der Waals surface area contributed by atoms with E-state index < -0.39 is 12.3 Å². The second-order valence-corrected chi connectivity index (χ2v) is 4.00. The Bertz CT molecular complexity index is 198. The maximum atomic E-state index is 12.1. The van der Waals surface area contributed by atoms with Crippen molar-refractivity contribution in [3.8, 4) is 0 Å². The van der Waals surface area contributed by atoms with Gasteiger partial charge in [0.25, 0.3) is 0 Å². The summed E-state index contributed by atoms with van der Waals surface area (Å²) in [6.45, 7) is 3.52. The summed E-state index contributed by atoms with van der Waals surface area (Å²) >= 11 is 0. The van der Waals surface area contributed by atoms with Crippen LogP contribution in [0.3, 0.4) is 0 Å². The molecule has 1 fully saturated rings. The van der Waals surface area contributed by atoms with Crippen LogP contribution in [0.1, 0.15) is 6.92 Å². The van der Waals surface area contributed by atoms with E-state index in [9.17, 15) is 13.2 Å². The maximum absolute atomic E-state index is 12.1. The number of halogens is 3. The van der Waals surface area contributed by atoms with Crippen LogP contribution in [0.15, 0.2) is 0 Å². The molecule has 1 aliphatic rings. The zero-order valence-electron chi connectivity index (χ0n) is 8.63. The van der Waals surface area contributed by atoms with Gasteiger partial charge in [-0.25, -0.2) is 0 Å². The van der Waals surface area contributed by atoms with Crippen LogP contribution in [0.25, 0.3) is 0 Å². The second kappa shape index (κ2) is 5.14. The van der Waals surface area contributed by atoms with Gasteiger partial charge >= 0.3 is 6.18 Å². The Morgan fingerprint density at radius 3 is 2.80 bits per heavy atom. The van der Waals surface area contributed by atoms with Crippen LogP contribution in [0.2, 0.25) is 0 Å². The van der Waals surface area contributed by atoms with Gasteiger partial charge in [-0.05, 0) is 5.92 Å². The highest BCUT2D eigenvalue weighted by Gasteiger charge is 2.39. The van der Waals surface area contributed by atoms with E-state index in [0.29, 0.717) is 26.3 Å². The van der Waals surface area contributed by atoms with Gasteiger partial charge in [0, 0.05) is 19.6 Å². The van der Waals surface area contributed by atoms with Gasteiger partial charge in [0.15, 0.2) is 6.10 Å². The molecule has 2 atom stereocenters. The van der Waals surface area contributed by atoms with Crippen molar-refractivity contribution in [2.24, 2.45) is 5.92 Å². The first-order valence-electron chi connectivity index (χ1n) is 4.94. The first-order valence-corrected chi connectivity index (χ1v) is 4.94. The Morgan fingerprint density at radius 1 is 1.53 bits per heavy atom. The van der Waals surface area contributed by atoms with Gasteiger partial charge in [0.05, 0.1) is 13.2 Å². The summed E-state index contributed by atoms with van der Waals surface area (Å²) in [6.07, 6.45) is -6.79. The van der Waals surface area contributed by atoms with Gasteiger partial charge in [0.2, 0.25) is 0 Å². The van der Waals surface area contributed by atoms with Gasteiger partial charge in [0.1, 0.15) is 0 Å². The summed E-state index contributed by atoms with van der Waals surface area (Å²) in [5.74, 6) is 0.202. The van der Waals surface area contributed by atoms with E-state index in [-0.39, 0.29) is 12.5 Å². The van der Waals surface area contributed by atoms with Crippen LogP contribution in [0.5, 0.6) is 0 Å². The maximum Gasteiger partial charge on any atom is 0.415 e. The van der Waals surface area contributed by atoms with E-state index >= 15 is 0 Å². The molecule has 0 aromatic rings. The lowest BCUT2D eigenvalue weighted by atomic mass is 10.2. The smallest absolute Gasteiger partial charge is 0.382 e. The Kier molecular flexibility index (Phi) is 4.36. The Morgan fingerprint density at radius 2 is 2.20 bits per heavy atom. The van der Waals surface area contributed by atoms with Crippen LogP contribution in [0.4, 0.5) is 13.2 Å². The molecule has 6 heteroatoms. The Balaban J connectivity index is 2.42. The van der Waals surface area contributed by atoms with E-state index in [0.717, 1.165) is 0 Å². The molecule has 0 spiro atoms. The summed E-state index contributed by atoms with van der Waals surface area (Å²) < 4.78 is 41.5. The number of nitrogens with zero attached hydrogens (tertiary/aromatic N) is 1. The first-order chi connectivity index (χ1) is 6.89. The lowest BCUT2D eigenvalue weighted by Gasteiger charge is -2.25. The number of aliphatic hydroxyl groups is 1. The molecule has 0 saturated carbocycles. The molecule has 1 N–H and O–H groups in total. The number of alkyl halides is 3. The molecule has 0 aliphatic carbocycles. The van der Waals surface area contributed by atoms with Crippen molar-refractivity contribution >= 4 is 0 Å². The normalized spacial score (nSPS) is 27.4. The largest absolute Gasteiger partial charge is 0.415 e. The molecule has 0 amide bonds. The quantitative estimate of drug-likeness (QED) is 0.760. The highest BCUT2D eigenvalue weighted by atomic mass is 19.4. The van der Waals surface area contributed by atoms with Crippen LogP contribution < -0.4 is 0 Å². The predicted octanol–water partition coefficient (Wildman–Crippen LogP) is 0.878. The van der Waals surface area contributed by atoms with Crippen molar-refractivity contribution in [3.63, 3.8) is 0 Å². The minimum absolute atomic E-state index is 0.202. The molecule has 1 aliphatic heterocycles. The molecular formula is C9H16F3NO2. The zero-order chi connectivity index (χ0) is 11.5. The number of hydrogen-bond acceptors (Lipinski definition) is 3. The van der Waals surface area contributed by atoms with Gasteiger partial charge in [-0.3, -0.25) is 4.90 Å². The van der Waals surface area contributed by atoms with Crippen molar-refractivity contribution in [1.29, 1.82) is 0 Å². The molecule has 1 heterocycles. The standard InChI is InChI=1S/C9H16F3NO2/c1-7-4-13(2-3-15-6-7)5-8(14)9(10,11)12/h7-8,14H,2-6H2,1H3. The fraction of sp³-hybridized carbons (Fsp3) is 1.00. The number of hydrogen-bond donors (Lipinski definition) is 1. The fourth-order valence-electron chi connectivity index (χ4n) is 1.58. The van der Waals surface area contributed by atoms with Crippen molar-refractivity contribution in [1.82, 2.24) is 4.90 Å². The van der Waals surface area contributed by atoms with E-state index in [2.05, 4.69) is 0 Å². The molecule has 0 radical (unpaired) electrons. The summed E-state index contributed by atoms with van der Waals surface area (Å²) in [5, 5.41) is 8.91. The Labute approximate surface area is 86.8 Å². The molecule has 90 valence electrons. The zero-order valence-corrected chi connectivity index (χ0v) is 8.63. The Hall–Kier alpha value is -0.330. The molecule has 1 rings (SSSR count). The van der Waals surface area contributed by atoms with Crippen LogP contribution in [0, 0.1) is 5.92 Å². The first kappa shape index (κ1) is 12.7. The fourth-order valence-corrected chi connectivity index (χ4v) is 1.58. The van der Waals surface area contributed by atoms with Crippen molar-refractivity contribution in [3.05, 3.63) is 0 Å². The van der Waals surface area contributed by atoms with Gasteiger partial charge in [-0.2, -0.15) is 13.2 Å². The van der Waals surface area contributed by atoms with E-state index in [1.807, 2.05) is 6.92 Å². The molecule has 0 aromatic carbocycles. The average molecular weight is 227 g/mol. The van der Waals surface area contributed by atoms with E-state index in [1.165, 1.54) is 0 Å².